The van der Waals surface area contributed by atoms with Crippen LogP contribution < -0.4 is 9.62 Å². The maximum absolute atomic E-state index is 12.1. The Balaban J connectivity index is 2.18. The lowest BCUT2D eigenvalue weighted by molar-refractivity contribution is -0.114. The van der Waals surface area contributed by atoms with Crippen LogP contribution in [0.3, 0.4) is 0 Å². The Kier molecular flexibility index (Phi) is 5.51. The fourth-order valence-corrected chi connectivity index (χ4v) is 3.08. The molecule has 5 nitrogen and oxygen atoms in total. The molecule has 1 amide bonds. The first kappa shape index (κ1) is 17.6. The third-order valence-corrected chi connectivity index (χ3v) is 4.54. The summed E-state index contributed by atoms with van der Waals surface area (Å²) in [6.07, 6.45) is 1.04. The number of rotatable bonds is 5. The fourth-order valence-electron chi connectivity index (χ4n) is 1.90. The van der Waals surface area contributed by atoms with Gasteiger partial charge in [-0.15, -0.1) is 0 Å². The number of carbonyl (C=O) groups excluding carboxylic acids is 1. The van der Waals surface area contributed by atoms with Gasteiger partial charge < -0.3 is 5.32 Å². The number of halogens is 2. The largest absolute Gasteiger partial charge is 0.324 e. The molecular weight excluding hydrogens is 359 g/mol. The molecule has 2 rings (SSSR count). The summed E-state index contributed by atoms with van der Waals surface area (Å²) in [5, 5.41) is 3.56. The van der Waals surface area contributed by atoms with E-state index in [1.807, 2.05) is 0 Å². The highest BCUT2D eigenvalue weighted by molar-refractivity contribution is 7.92. The summed E-state index contributed by atoms with van der Waals surface area (Å²) in [6, 6.07) is 12.8. The van der Waals surface area contributed by atoms with Crippen LogP contribution in [0.2, 0.25) is 10.0 Å². The van der Waals surface area contributed by atoms with E-state index in [-0.39, 0.29) is 6.54 Å². The van der Waals surface area contributed by atoms with Gasteiger partial charge in [0.1, 0.15) is 6.54 Å². The molecule has 1 N–H and O–H groups in total. The molecule has 0 bridgehead atoms. The molecule has 0 saturated heterocycles. The van der Waals surface area contributed by atoms with E-state index < -0.39 is 15.9 Å². The van der Waals surface area contributed by atoms with Crippen molar-refractivity contribution in [2.45, 2.75) is 0 Å². The van der Waals surface area contributed by atoms with Crippen LogP contribution in [0.4, 0.5) is 11.4 Å². The number of sulfonamides is 1. The monoisotopic (exact) mass is 372 g/mol. The Hall–Kier alpha value is -1.76. The van der Waals surface area contributed by atoms with Crippen LogP contribution in [0.1, 0.15) is 0 Å². The van der Waals surface area contributed by atoms with Crippen molar-refractivity contribution in [2.75, 3.05) is 22.4 Å². The van der Waals surface area contributed by atoms with Crippen LogP contribution >= 0.6 is 23.2 Å². The lowest BCUT2D eigenvalue weighted by atomic mass is 10.3. The average molecular weight is 373 g/mol. The summed E-state index contributed by atoms with van der Waals surface area (Å²) in [5.41, 5.74) is 0.852. The van der Waals surface area contributed by atoms with Crippen LogP contribution in [0, 0.1) is 0 Å². The number of carbonyl (C=O) groups is 1. The molecule has 0 saturated carbocycles. The maximum Gasteiger partial charge on any atom is 0.245 e. The SMILES string of the molecule is CS(=O)(=O)N(CC(=O)Nc1cccc(Cl)c1)c1ccc(Cl)cc1. The van der Waals surface area contributed by atoms with E-state index in [2.05, 4.69) is 5.32 Å². The number of anilines is 2. The fraction of sp³-hybridized carbons (Fsp3) is 0.133. The van der Waals surface area contributed by atoms with Gasteiger partial charge in [-0.1, -0.05) is 29.3 Å². The number of hydrogen-bond donors (Lipinski definition) is 1. The first-order chi connectivity index (χ1) is 10.8. The van der Waals surface area contributed by atoms with Crippen LogP contribution in [-0.4, -0.2) is 27.1 Å². The van der Waals surface area contributed by atoms with Crippen molar-refractivity contribution in [1.29, 1.82) is 0 Å². The number of amides is 1. The van der Waals surface area contributed by atoms with Gasteiger partial charge in [0.05, 0.1) is 11.9 Å². The van der Waals surface area contributed by atoms with Gasteiger partial charge in [0, 0.05) is 15.7 Å². The van der Waals surface area contributed by atoms with Gasteiger partial charge in [0.2, 0.25) is 15.9 Å². The smallest absolute Gasteiger partial charge is 0.245 e. The minimum Gasteiger partial charge on any atom is -0.324 e. The van der Waals surface area contributed by atoms with Gasteiger partial charge in [-0.2, -0.15) is 0 Å². The quantitative estimate of drug-likeness (QED) is 0.874. The van der Waals surface area contributed by atoms with Crippen molar-refractivity contribution in [1.82, 2.24) is 0 Å². The Morgan fingerprint density at radius 3 is 2.30 bits per heavy atom. The van der Waals surface area contributed by atoms with Crippen LogP contribution in [0.15, 0.2) is 48.5 Å². The Labute approximate surface area is 144 Å². The lowest BCUT2D eigenvalue weighted by Gasteiger charge is -2.22. The zero-order valence-corrected chi connectivity index (χ0v) is 14.5. The Bertz CT molecular complexity index is 808. The number of benzene rings is 2. The van der Waals surface area contributed by atoms with Crippen molar-refractivity contribution >= 4 is 50.5 Å². The first-order valence-corrected chi connectivity index (χ1v) is 9.15. The van der Waals surface area contributed by atoms with E-state index in [4.69, 9.17) is 23.2 Å². The zero-order valence-electron chi connectivity index (χ0n) is 12.2. The van der Waals surface area contributed by atoms with E-state index in [0.29, 0.717) is 21.4 Å². The lowest BCUT2D eigenvalue weighted by Crippen LogP contribution is -2.37. The van der Waals surface area contributed by atoms with Crippen molar-refractivity contribution in [3.05, 3.63) is 58.6 Å². The minimum absolute atomic E-state index is 0.354. The zero-order chi connectivity index (χ0) is 17.0. The summed E-state index contributed by atoms with van der Waals surface area (Å²) in [7, 11) is -3.62. The minimum atomic E-state index is -3.62. The standard InChI is InChI=1S/C15H14Cl2N2O3S/c1-23(21,22)19(14-7-5-11(16)6-8-14)10-15(20)18-13-4-2-3-12(17)9-13/h2-9H,10H2,1H3,(H,18,20). The third-order valence-electron chi connectivity index (χ3n) is 2.91. The van der Waals surface area contributed by atoms with Gasteiger partial charge in [0.25, 0.3) is 0 Å². The molecule has 0 heterocycles. The molecule has 0 atom stereocenters. The summed E-state index contributed by atoms with van der Waals surface area (Å²) < 4.78 is 24.9. The number of nitrogens with zero attached hydrogens (tertiary/aromatic N) is 1. The second-order valence-corrected chi connectivity index (χ2v) is 7.58. The molecule has 0 aliphatic heterocycles. The molecule has 2 aromatic rings. The molecule has 0 aliphatic carbocycles. The van der Waals surface area contributed by atoms with Gasteiger partial charge >= 0.3 is 0 Å². The highest BCUT2D eigenvalue weighted by Gasteiger charge is 2.20. The highest BCUT2D eigenvalue weighted by Crippen LogP contribution is 2.21. The molecule has 8 heteroatoms. The normalized spacial score (nSPS) is 11.1. The molecule has 0 aromatic heterocycles. The maximum atomic E-state index is 12.1. The van der Waals surface area contributed by atoms with E-state index >= 15 is 0 Å². The van der Waals surface area contributed by atoms with Crippen LogP contribution in [0.25, 0.3) is 0 Å². The van der Waals surface area contributed by atoms with E-state index in [0.717, 1.165) is 10.6 Å². The molecule has 122 valence electrons. The molecule has 0 unspecified atom stereocenters. The first-order valence-electron chi connectivity index (χ1n) is 6.54. The van der Waals surface area contributed by atoms with Crippen molar-refractivity contribution in [2.24, 2.45) is 0 Å². The summed E-state index contributed by atoms with van der Waals surface area (Å²) >= 11 is 11.6. The molecule has 0 aliphatic rings. The topological polar surface area (TPSA) is 66.5 Å². The number of nitrogens with one attached hydrogen (secondary N) is 1. The third kappa shape index (κ3) is 5.13. The van der Waals surface area contributed by atoms with Crippen molar-refractivity contribution in [3.8, 4) is 0 Å². The second-order valence-electron chi connectivity index (χ2n) is 4.80. The summed E-state index contributed by atoms with van der Waals surface area (Å²) in [6.45, 7) is -0.354. The predicted molar refractivity (Wildman–Crippen MR) is 93.7 cm³/mol. The second kappa shape index (κ2) is 7.21. The van der Waals surface area contributed by atoms with Crippen LogP contribution in [0.5, 0.6) is 0 Å². The van der Waals surface area contributed by atoms with Crippen LogP contribution in [-0.2, 0) is 14.8 Å². The molecule has 23 heavy (non-hydrogen) atoms. The Morgan fingerprint density at radius 2 is 1.74 bits per heavy atom. The summed E-state index contributed by atoms with van der Waals surface area (Å²) in [5.74, 6) is -0.479. The average Bonchev–Trinajstić information content (AvgIpc) is 2.45. The van der Waals surface area contributed by atoms with Gasteiger partial charge in [-0.25, -0.2) is 8.42 Å². The highest BCUT2D eigenvalue weighted by atomic mass is 35.5. The number of hydrogen-bond acceptors (Lipinski definition) is 3. The van der Waals surface area contributed by atoms with E-state index in [1.165, 1.54) is 12.1 Å². The molecule has 0 radical (unpaired) electrons. The molecular formula is C15H14Cl2N2O3S. The van der Waals surface area contributed by atoms with E-state index in [1.54, 1.807) is 36.4 Å². The van der Waals surface area contributed by atoms with Gasteiger partial charge in [-0.3, -0.25) is 9.10 Å². The van der Waals surface area contributed by atoms with Gasteiger partial charge in [0.15, 0.2) is 0 Å². The van der Waals surface area contributed by atoms with Crippen molar-refractivity contribution < 1.29 is 13.2 Å². The Morgan fingerprint density at radius 1 is 1.09 bits per heavy atom. The van der Waals surface area contributed by atoms with Gasteiger partial charge in [-0.05, 0) is 42.5 Å². The summed E-state index contributed by atoms with van der Waals surface area (Å²) in [4.78, 5) is 12.1. The molecule has 0 spiro atoms. The van der Waals surface area contributed by atoms with Crippen molar-refractivity contribution in [3.63, 3.8) is 0 Å². The van der Waals surface area contributed by atoms with E-state index in [9.17, 15) is 13.2 Å². The molecule has 2 aromatic carbocycles. The predicted octanol–water partition coefficient (Wildman–Crippen LogP) is 3.40. The molecule has 0 fully saturated rings.